The van der Waals surface area contributed by atoms with Crippen LogP contribution in [-0.4, -0.2) is 65.7 Å². The van der Waals surface area contributed by atoms with Crippen LogP contribution in [0.3, 0.4) is 0 Å². The number of carbonyl (C=O) groups is 4. The second kappa shape index (κ2) is 15.2. The Morgan fingerprint density at radius 2 is 1.58 bits per heavy atom. The fraction of sp³-hybridized carbons (Fsp3) is 0.333. The molecule has 0 aliphatic heterocycles. The van der Waals surface area contributed by atoms with Gasteiger partial charge in [0.15, 0.2) is 11.5 Å². The van der Waals surface area contributed by atoms with Crippen LogP contribution in [0, 0.1) is 0 Å². The van der Waals surface area contributed by atoms with E-state index in [1.165, 1.54) is 50.2 Å². The average molecular weight is 536 g/mol. The van der Waals surface area contributed by atoms with Gasteiger partial charge in [0, 0.05) is 6.92 Å². The van der Waals surface area contributed by atoms with Gasteiger partial charge in [-0.15, -0.1) is 0 Å². The molecule has 14 heteroatoms. The molecule has 14 nitrogen and oxygen atoms in total. The predicted molar refractivity (Wildman–Crippen MR) is 125 cm³/mol. The lowest BCUT2D eigenvalue weighted by Crippen LogP contribution is -2.31. The highest BCUT2D eigenvalue weighted by atomic mass is 17.1. The van der Waals surface area contributed by atoms with Gasteiger partial charge in [-0.2, -0.15) is 0 Å². The largest absolute Gasteiger partial charge is 0.490 e. The number of hydrogen-bond donors (Lipinski definition) is 3. The first-order valence-corrected chi connectivity index (χ1v) is 11.2. The topological polar surface area (TPSA) is 193 Å². The van der Waals surface area contributed by atoms with Crippen LogP contribution in [0.2, 0.25) is 0 Å². The second-order valence-corrected chi connectivity index (χ2v) is 7.58. The van der Waals surface area contributed by atoms with Gasteiger partial charge in [0.05, 0.1) is 24.2 Å². The van der Waals surface area contributed by atoms with E-state index >= 15 is 0 Å². The Kier molecular flexibility index (Phi) is 12.1. The van der Waals surface area contributed by atoms with E-state index in [0.717, 1.165) is 0 Å². The molecule has 1 atom stereocenters. The Hall–Kier alpha value is -4.08. The van der Waals surface area contributed by atoms with Gasteiger partial charge in [-0.05, 0) is 50.1 Å². The monoisotopic (exact) mass is 536 g/mol. The molecule has 206 valence electrons. The number of hydrogen-bond acceptors (Lipinski definition) is 14. The van der Waals surface area contributed by atoms with Crippen LogP contribution in [0.25, 0.3) is 0 Å². The van der Waals surface area contributed by atoms with E-state index in [-0.39, 0.29) is 41.6 Å². The van der Waals surface area contributed by atoms with Gasteiger partial charge in [-0.3, -0.25) is 20.0 Å². The Morgan fingerprint density at radius 1 is 0.895 bits per heavy atom. The van der Waals surface area contributed by atoms with Crippen molar-refractivity contribution in [3.63, 3.8) is 0 Å². The Balaban J connectivity index is 2.00. The van der Waals surface area contributed by atoms with Gasteiger partial charge in [0.2, 0.25) is 6.79 Å². The summed E-state index contributed by atoms with van der Waals surface area (Å²) in [6, 6.07) is 8.85. The highest BCUT2D eigenvalue weighted by Crippen LogP contribution is 2.29. The minimum atomic E-state index is -0.954. The summed E-state index contributed by atoms with van der Waals surface area (Å²) < 4.78 is 25.7. The predicted octanol–water partition coefficient (Wildman–Crippen LogP) is 2.01. The molecule has 0 amide bonds. The fourth-order valence-corrected chi connectivity index (χ4v) is 2.74. The summed E-state index contributed by atoms with van der Waals surface area (Å²) in [6.07, 6.45) is 0.866. The van der Waals surface area contributed by atoms with E-state index in [2.05, 4.69) is 4.84 Å². The lowest BCUT2D eigenvalue weighted by molar-refractivity contribution is -0.492. The van der Waals surface area contributed by atoms with Crippen LogP contribution >= 0.6 is 0 Å². The number of carbonyl (C=O) groups excluding carboxylic acids is 4. The molecule has 4 N–H and O–H groups in total. The van der Waals surface area contributed by atoms with Crippen molar-refractivity contribution < 1.29 is 58.1 Å². The smallest absolute Gasteiger partial charge is 0.344 e. The third-order valence-corrected chi connectivity index (χ3v) is 4.51. The summed E-state index contributed by atoms with van der Waals surface area (Å²) in [5.41, 5.74) is 5.47. The summed E-state index contributed by atoms with van der Waals surface area (Å²) in [5, 5.41) is 16.6. The van der Waals surface area contributed by atoms with E-state index in [0.29, 0.717) is 12.8 Å². The molecule has 0 saturated heterocycles. The molecule has 0 saturated carbocycles. The number of nitrogens with two attached hydrogens (primary N) is 1. The van der Waals surface area contributed by atoms with E-state index in [4.69, 9.17) is 39.8 Å². The molecule has 0 heterocycles. The van der Waals surface area contributed by atoms with Crippen molar-refractivity contribution in [2.75, 3.05) is 20.0 Å². The highest BCUT2D eigenvalue weighted by Gasteiger charge is 2.19. The van der Waals surface area contributed by atoms with Crippen LogP contribution in [0.4, 0.5) is 0 Å². The van der Waals surface area contributed by atoms with Crippen molar-refractivity contribution in [2.45, 2.75) is 32.7 Å². The molecule has 1 unspecified atom stereocenters. The van der Waals surface area contributed by atoms with Crippen LogP contribution in [0.5, 0.6) is 17.2 Å². The number of para-hydroxylation sites is 1. The first-order valence-electron chi connectivity index (χ1n) is 11.2. The number of rotatable bonds is 14. The van der Waals surface area contributed by atoms with Crippen LogP contribution < -0.4 is 19.9 Å². The fourth-order valence-electron chi connectivity index (χ4n) is 2.74. The van der Waals surface area contributed by atoms with Gasteiger partial charge in [-0.1, -0.05) is 12.1 Å². The maximum atomic E-state index is 12.5. The van der Waals surface area contributed by atoms with E-state index in [9.17, 15) is 19.2 Å². The first kappa shape index (κ1) is 30.1. The van der Waals surface area contributed by atoms with Crippen LogP contribution in [-0.2, 0) is 23.9 Å². The quantitative estimate of drug-likeness (QED) is 0.104. The molecule has 0 bridgehead atoms. The SMILES string of the molecule is CC(=O)Oc1ccccc1C(=O)OCOC(=O)c1ccc(OCCCCON(O)O)c(OC(=O)C(C)N)c1. The maximum Gasteiger partial charge on any atom is 0.344 e. The molecule has 0 fully saturated rings. The van der Waals surface area contributed by atoms with Gasteiger partial charge >= 0.3 is 23.9 Å². The number of unbranched alkanes of at least 4 members (excludes halogenated alkanes) is 1. The molecule has 0 aliphatic carbocycles. The number of esters is 4. The van der Waals surface area contributed by atoms with Gasteiger partial charge in [0.25, 0.3) is 0 Å². The molecule has 2 aromatic rings. The van der Waals surface area contributed by atoms with Crippen molar-refractivity contribution in [1.82, 2.24) is 5.39 Å². The van der Waals surface area contributed by atoms with E-state index < -0.39 is 42.1 Å². The van der Waals surface area contributed by atoms with Crippen molar-refractivity contribution >= 4 is 23.9 Å². The highest BCUT2D eigenvalue weighted by molar-refractivity contribution is 5.94. The summed E-state index contributed by atoms with van der Waals surface area (Å²) in [7, 11) is 0. The van der Waals surface area contributed by atoms with E-state index in [1.807, 2.05) is 0 Å². The molecular weight excluding hydrogens is 508 g/mol. The molecule has 2 rings (SSSR count). The van der Waals surface area contributed by atoms with Gasteiger partial charge in [-0.25, -0.2) is 14.4 Å². The zero-order valence-corrected chi connectivity index (χ0v) is 20.7. The van der Waals surface area contributed by atoms with Crippen molar-refractivity contribution in [3.8, 4) is 17.2 Å². The van der Waals surface area contributed by atoms with Crippen molar-refractivity contribution in [1.29, 1.82) is 0 Å². The first-order chi connectivity index (χ1) is 18.1. The van der Waals surface area contributed by atoms with Crippen LogP contribution in [0.1, 0.15) is 47.4 Å². The third-order valence-electron chi connectivity index (χ3n) is 4.51. The minimum absolute atomic E-state index is 0.0104. The molecule has 38 heavy (non-hydrogen) atoms. The maximum absolute atomic E-state index is 12.5. The zero-order valence-electron chi connectivity index (χ0n) is 20.7. The standard InChI is InChI=1S/C24H28N2O12/c1-15(25)22(28)38-21-13-17(9-10-20(21)33-11-5-6-12-36-26(31)32)23(29)34-14-35-24(30)18-7-3-4-8-19(18)37-16(2)27/h3-4,7-10,13,15,31-32H,5-6,11-12,14,25H2,1-2H3. The summed E-state index contributed by atoms with van der Waals surface area (Å²) in [6.45, 7) is 2.02. The van der Waals surface area contributed by atoms with E-state index in [1.54, 1.807) is 6.07 Å². The molecular formula is C24H28N2O12. The van der Waals surface area contributed by atoms with Crippen molar-refractivity contribution in [3.05, 3.63) is 53.6 Å². The normalized spacial score (nSPS) is 11.4. The summed E-state index contributed by atoms with van der Waals surface area (Å²) >= 11 is 0. The van der Waals surface area contributed by atoms with Gasteiger partial charge < -0.3 is 29.4 Å². The molecule has 0 spiro atoms. The number of ether oxygens (including phenoxy) is 5. The van der Waals surface area contributed by atoms with Gasteiger partial charge in [0.1, 0.15) is 17.4 Å². The molecule has 2 aromatic carbocycles. The lowest BCUT2D eigenvalue weighted by Gasteiger charge is -2.14. The Morgan fingerprint density at radius 3 is 2.26 bits per heavy atom. The number of nitrogens with zero attached hydrogens (tertiary/aromatic N) is 1. The molecule has 0 aromatic heterocycles. The molecule has 0 radical (unpaired) electrons. The third kappa shape index (κ3) is 10.1. The van der Waals surface area contributed by atoms with Crippen LogP contribution in [0.15, 0.2) is 42.5 Å². The molecule has 0 aliphatic rings. The Bertz CT molecular complexity index is 1120. The second-order valence-electron chi connectivity index (χ2n) is 7.58. The Labute approximate surface area is 217 Å². The average Bonchev–Trinajstić information content (AvgIpc) is 2.86. The zero-order chi connectivity index (χ0) is 28.1. The minimum Gasteiger partial charge on any atom is -0.490 e. The number of benzene rings is 2. The summed E-state index contributed by atoms with van der Waals surface area (Å²) in [5.74, 6) is -3.16. The summed E-state index contributed by atoms with van der Waals surface area (Å²) in [4.78, 5) is 52.5. The van der Waals surface area contributed by atoms with Crippen molar-refractivity contribution in [2.24, 2.45) is 5.73 Å². The lowest BCUT2D eigenvalue weighted by atomic mass is 10.2.